The molecule has 3 heterocycles. The predicted octanol–water partition coefficient (Wildman–Crippen LogP) is -2.09. The van der Waals surface area contributed by atoms with Gasteiger partial charge in [0.25, 0.3) is 11.8 Å². The summed E-state index contributed by atoms with van der Waals surface area (Å²) < 4.78 is 39.6. The highest BCUT2D eigenvalue weighted by molar-refractivity contribution is 7.80. The Bertz CT molecular complexity index is 799. The molecule has 1 aromatic heterocycles. The van der Waals surface area contributed by atoms with Crippen LogP contribution in [0.1, 0.15) is 16.9 Å². The summed E-state index contributed by atoms with van der Waals surface area (Å²) in [6.07, 6.45) is 1.77. The van der Waals surface area contributed by atoms with Crippen molar-refractivity contribution >= 4 is 22.2 Å². The van der Waals surface area contributed by atoms with Gasteiger partial charge in [0, 0.05) is 18.2 Å². The van der Waals surface area contributed by atoms with Crippen molar-refractivity contribution in [3.05, 3.63) is 30.1 Å². The fourth-order valence-electron chi connectivity index (χ4n) is 3.02. The average molecular weight is 401 g/mol. The Balaban J connectivity index is 1.54. The Labute approximate surface area is 154 Å². The van der Waals surface area contributed by atoms with E-state index in [1.54, 1.807) is 12.1 Å². The van der Waals surface area contributed by atoms with Gasteiger partial charge in [-0.2, -0.15) is 18.2 Å². The second-order valence-corrected chi connectivity index (χ2v) is 7.38. The molecule has 0 aliphatic carbocycles. The van der Waals surface area contributed by atoms with Crippen LogP contribution in [0.4, 0.5) is 0 Å². The maximum atomic E-state index is 12.3. The first kappa shape index (κ1) is 19.6. The summed E-state index contributed by atoms with van der Waals surface area (Å²) in [6.45, 7) is 0.779. The molecule has 27 heavy (non-hydrogen) atoms. The number of piperidine rings is 1. The predicted molar refractivity (Wildman–Crippen MR) is 89.1 cm³/mol. The molecular weight excluding hydrogens is 382 g/mol. The van der Waals surface area contributed by atoms with Crippen molar-refractivity contribution in [1.82, 2.24) is 26.6 Å². The highest BCUT2D eigenvalue weighted by Gasteiger charge is 2.51. The molecule has 0 radical (unpaired) electrons. The molecule has 2 amide bonds. The first-order valence-electron chi connectivity index (χ1n) is 8.03. The Hall–Kier alpha value is -2.16. The molecule has 2 aliphatic heterocycles. The minimum Gasteiger partial charge on any atom is -0.380 e. The van der Waals surface area contributed by atoms with Crippen LogP contribution in [0.25, 0.3) is 0 Å². The van der Waals surface area contributed by atoms with Gasteiger partial charge in [-0.3, -0.25) is 30.0 Å². The second kappa shape index (κ2) is 7.84. The number of nitrogens with one attached hydrogen (secondary N) is 4. The number of carbonyl (C=O) groups is 2. The van der Waals surface area contributed by atoms with Gasteiger partial charge in [0.2, 0.25) is 0 Å². The summed E-state index contributed by atoms with van der Waals surface area (Å²) in [7, 11) is -4.64. The zero-order chi connectivity index (χ0) is 19.5. The van der Waals surface area contributed by atoms with Crippen molar-refractivity contribution in [3.8, 4) is 0 Å². The fraction of sp³-hybridized carbons (Fsp3) is 0.500. The van der Waals surface area contributed by atoms with Gasteiger partial charge >= 0.3 is 10.4 Å². The summed E-state index contributed by atoms with van der Waals surface area (Å²) in [5.74, 6) is -1.01. The van der Waals surface area contributed by atoms with Crippen molar-refractivity contribution in [3.63, 3.8) is 0 Å². The van der Waals surface area contributed by atoms with E-state index < -0.39 is 39.7 Å². The first-order chi connectivity index (χ1) is 12.8. The second-order valence-electron chi connectivity index (χ2n) is 6.36. The number of carbonyl (C=O) groups excluding carboxylic acids is 2. The fourth-order valence-corrected chi connectivity index (χ4v) is 3.26. The zero-order valence-corrected chi connectivity index (χ0v) is 14.9. The maximum Gasteiger partial charge on any atom is 0.413 e. The Kier molecular flexibility index (Phi) is 5.69. The quantitative estimate of drug-likeness (QED) is 0.273. The van der Waals surface area contributed by atoms with E-state index in [1.165, 1.54) is 12.3 Å². The number of amides is 2. The first-order valence-corrected chi connectivity index (χ1v) is 9.39. The molecule has 2 aliphatic rings. The van der Waals surface area contributed by atoms with E-state index in [2.05, 4.69) is 30.9 Å². The van der Waals surface area contributed by atoms with E-state index in [1.807, 2.05) is 0 Å². The van der Waals surface area contributed by atoms with Crippen LogP contribution in [0.3, 0.4) is 0 Å². The van der Waals surface area contributed by atoms with Gasteiger partial charge < -0.3 is 10.1 Å². The molecule has 0 aromatic carbocycles. The number of nitrogens with zero attached hydrogens (tertiary/aromatic N) is 1. The standard InChI is InChI=1S/C14H19N5O7S/c20-12(9-3-1-2-4-15-9)17-18-13(21)10-5-14(7-25-8-14)11(6-16-10)19-26-27(22,23)24/h1-4,10-11,16,19H,5-8H2,(H,17,20)(H,18,21)(H,22,23,24)/t10-,11-/m0/s1. The summed E-state index contributed by atoms with van der Waals surface area (Å²) in [5, 5.41) is 2.94. The monoisotopic (exact) mass is 401 g/mol. The molecule has 2 saturated heterocycles. The summed E-state index contributed by atoms with van der Waals surface area (Å²) in [4.78, 5) is 28.1. The third-order valence-corrected chi connectivity index (χ3v) is 4.81. The van der Waals surface area contributed by atoms with E-state index in [9.17, 15) is 18.0 Å². The Morgan fingerprint density at radius 2 is 2.11 bits per heavy atom. The lowest BCUT2D eigenvalue weighted by atomic mass is 9.71. The summed E-state index contributed by atoms with van der Waals surface area (Å²) in [5.41, 5.74) is 6.54. The summed E-state index contributed by atoms with van der Waals surface area (Å²) in [6, 6.07) is 3.68. The molecule has 0 saturated carbocycles. The SMILES string of the molecule is O=C(NNC(=O)[C@@H]1CC2(COC2)[C@@H](NOS(=O)(=O)O)CN1)c1ccccn1. The smallest absolute Gasteiger partial charge is 0.380 e. The van der Waals surface area contributed by atoms with E-state index in [4.69, 9.17) is 9.29 Å². The van der Waals surface area contributed by atoms with Crippen LogP contribution in [0.2, 0.25) is 0 Å². The van der Waals surface area contributed by atoms with Crippen LogP contribution in [0.5, 0.6) is 0 Å². The lowest BCUT2D eigenvalue weighted by molar-refractivity contribution is -0.167. The van der Waals surface area contributed by atoms with Crippen LogP contribution in [-0.4, -0.2) is 61.6 Å². The Morgan fingerprint density at radius 1 is 1.33 bits per heavy atom. The maximum absolute atomic E-state index is 12.3. The van der Waals surface area contributed by atoms with E-state index >= 15 is 0 Å². The van der Waals surface area contributed by atoms with Gasteiger partial charge in [-0.1, -0.05) is 6.07 Å². The highest BCUT2D eigenvalue weighted by Crippen LogP contribution is 2.38. The molecule has 0 unspecified atom stereocenters. The van der Waals surface area contributed by atoms with Crippen LogP contribution in [0.15, 0.2) is 24.4 Å². The number of pyridine rings is 1. The number of hydrogen-bond acceptors (Lipinski definition) is 9. The van der Waals surface area contributed by atoms with Crippen LogP contribution in [-0.2, 0) is 24.2 Å². The minimum atomic E-state index is -4.64. The molecule has 2 fully saturated rings. The molecule has 3 rings (SSSR count). The molecule has 1 aromatic rings. The van der Waals surface area contributed by atoms with Crippen molar-refractivity contribution < 1.29 is 31.6 Å². The average Bonchev–Trinajstić information content (AvgIpc) is 2.62. The Morgan fingerprint density at radius 3 is 2.70 bits per heavy atom. The van der Waals surface area contributed by atoms with E-state index in [0.717, 1.165) is 0 Å². The third kappa shape index (κ3) is 4.77. The molecule has 148 valence electrons. The number of hydrogen-bond donors (Lipinski definition) is 5. The van der Waals surface area contributed by atoms with Crippen LogP contribution in [0, 0.1) is 5.41 Å². The lowest BCUT2D eigenvalue weighted by Crippen LogP contribution is -2.69. The normalized spacial score (nSPS) is 24.0. The van der Waals surface area contributed by atoms with Crippen molar-refractivity contribution in [2.24, 2.45) is 5.41 Å². The van der Waals surface area contributed by atoms with E-state index in [0.29, 0.717) is 19.6 Å². The van der Waals surface area contributed by atoms with E-state index in [-0.39, 0.29) is 12.2 Å². The highest BCUT2D eigenvalue weighted by atomic mass is 32.3. The van der Waals surface area contributed by atoms with Crippen molar-refractivity contribution in [2.75, 3.05) is 19.8 Å². The topological polar surface area (TPSA) is 168 Å². The number of hydroxylamine groups is 1. The van der Waals surface area contributed by atoms with Gasteiger partial charge in [-0.15, -0.1) is 0 Å². The van der Waals surface area contributed by atoms with Gasteiger partial charge in [0.15, 0.2) is 0 Å². The molecule has 5 N–H and O–H groups in total. The summed E-state index contributed by atoms with van der Waals surface area (Å²) >= 11 is 0. The molecular formula is C14H19N5O7S. The van der Waals surface area contributed by atoms with Crippen LogP contribution < -0.4 is 21.6 Å². The van der Waals surface area contributed by atoms with Gasteiger partial charge in [0.1, 0.15) is 5.69 Å². The third-order valence-electron chi connectivity index (χ3n) is 4.51. The zero-order valence-electron chi connectivity index (χ0n) is 14.0. The van der Waals surface area contributed by atoms with Gasteiger partial charge in [0.05, 0.1) is 25.3 Å². The molecule has 2 atom stereocenters. The minimum absolute atomic E-state index is 0.157. The van der Waals surface area contributed by atoms with Crippen molar-refractivity contribution in [1.29, 1.82) is 0 Å². The molecule has 0 bridgehead atoms. The number of aromatic nitrogens is 1. The molecule has 13 heteroatoms. The molecule has 12 nitrogen and oxygen atoms in total. The van der Waals surface area contributed by atoms with Crippen LogP contribution >= 0.6 is 0 Å². The van der Waals surface area contributed by atoms with Crippen molar-refractivity contribution in [2.45, 2.75) is 18.5 Å². The van der Waals surface area contributed by atoms with Gasteiger partial charge in [-0.05, 0) is 18.6 Å². The number of rotatable bonds is 5. The lowest BCUT2D eigenvalue weighted by Gasteiger charge is -2.51. The number of hydrazine groups is 1. The van der Waals surface area contributed by atoms with Gasteiger partial charge in [-0.25, -0.2) is 0 Å². The molecule has 1 spiro atoms. The number of ether oxygens (including phenoxy) is 1. The largest absolute Gasteiger partial charge is 0.413 e.